The highest BCUT2D eigenvalue weighted by molar-refractivity contribution is 6.67. The van der Waals surface area contributed by atoms with Crippen LogP contribution in [0.3, 0.4) is 0 Å². The Morgan fingerprint density at radius 2 is 1.41 bits per heavy atom. The Morgan fingerprint density at radius 1 is 0.811 bits per heavy atom. The van der Waals surface area contributed by atoms with Crippen molar-refractivity contribution in [3.05, 3.63) is 89.5 Å². The van der Waals surface area contributed by atoms with Gasteiger partial charge in [0.25, 0.3) is 0 Å². The van der Waals surface area contributed by atoms with E-state index in [0.717, 1.165) is 22.3 Å². The van der Waals surface area contributed by atoms with E-state index in [0.29, 0.717) is 5.56 Å². The lowest BCUT2D eigenvalue weighted by atomic mass is 9.98. The molecule has 192 valence electrons. The third kappa shape index (κ3) is 7.29. The second-order valence-corrected chi connectivity index (χ2v) is 10.5. The number of amides is 1. The fourth-order valence-electron chi connectivity index (χ4n) is 3.87. The zero-order chi connectivity index (χ0) is 26.4. The van der Waals surface area contributed by atoms with Crippen molar-refractivity contribution >= 4 is 53.0 Å². The van der Waals surface area contributed by atoms with Crippen LogP contribution in [0, 0.1) is 0 Å². The Balaban J connectivity index is 1.24. The third-order valence-corrected chi connectivity index (χ3v) is 5.75. The van der Waals surface area contributed by atoms with E-state index in [4.69, 9.17) is 44.3 Å². The highest BCUT2D eigenvalue weighted by Gasteiger charge is 2.29. The Morgan fingerprint density at radius 3 is 2.00 bits per heavy atom. The maximum Gasteiger partial charge on any atom is 0.513 e. The lowest BCUT2D eigenvalue weighted by Gasteiger charge is -2.14. The number of nitrogens with one attached hydrogen (secondary N) is 1. The van der Waals surface area contributed by atoms with Crippen molar-refractivity contribution in [3.63, 3.8) is 0 Å². The molecule has 0 aliphatic heterocycles. The Hall–Kier alpha value is -3.46. The van der Waals surface area contributed by atoms with Crippen LogP contribution < -0.4 is 10.2 Å². The molecule has 0 heterocycles. The molecule has 0 fully saturated rings. The van der Waals surface area contributed by atoms with Gasteiger partial charge >= 0.3 is 18.2 Å². The SMILES string of the molecule is O=C(Cc1ccc(OC(=O)OCC2c3ccccc3-c3ccccc32)cc1)ONC(=O)OCC(Cl)(Cl)Cl. The predicted molar refractivity (Wildman–Crippen MR) is 137 cm³/mol. The molecule has 4 rings (SSSR count). The molecule has 0 saturated heterocycles. The maximum absolute atomic E-state index is 12.3. The molecule has 0 radical (unpaired) electrons. The molecule has 37 heavy (non-hydrogen) atoms. The molecule has 0 saturated carbocycles. The summed E-state index contributed by atoms with van der Waals surface area (Å²) in [6.45, 7) is -0.389. The largest absolute Gasteiger partial charge is 0.513 e. The highest BCUT2D eigenvalue weighted by Crippen LogP contribution is 2.44. The Bertz CT molecular complexity index is 1250. The number of hydrogen-bond acceptors (Lipinski definition) is 7. The zero-order valence-corrected chi connectivity index (χ0v) is 21.4. The molecule has 1 N–H and O–H groups in total. The Kier molecular flexibility index (Phi) is 8.43. The van der Waals surface area contributed by atoms with Crippen LogP contribution in [-0.2, 0) is 25.5 Å². The van der Waals surface area contributed by atoms with Gasteiger partial charge in [-0.2, -0.15) is 0 Å². The number of hydroxylamine groups is 1. The van der Waals surface area contributed by atoms with Crippen LogP contribution in [0.2, 0.25) is 0 Å². The summed E-state index contributed by atoms with van der Waals surface area (Å²) >= 11 is 16.4. The quantitative estimate of drug-likeness (QED) is 0.127. The van der Waals surface area contributed by atoms with Gasteiger partial charge in [-0.25, -0.2) is 14.4 Å². The van der Waals surface area contributed by atoms with Crippen molar-refractivity contribution in [1.82, 2.24) is 5.48 Å². The molecule has 11 heteroatoms. The van der Waals surface area contributed by atoms with E-state index < -0.39 is 28.6 Å². The fraction of sp³-hybridized carbons (Fsp3) is 0.192. The second kappa shape index (κ2) is 11.7. The first kappa shape index (κ1) is 26.6. The molecule has 1 aliphatic carbocycles. The van der Waals surface area contributed by atoms with Crippen LogP contribution in [0.4, 0.5) is 9.59 Å². The van der Waals surface area contributed by atoms with Gasteiger partial charge in [-0.1, -0.05) is 95.5 Å². The number of ether oxygens (including phenoxy) is 3. The summed E-state index contributed by atoms with van der Waals surface area (Å²) in [5, 5.41) is 0. The number of halogens is 3. The first-order valence-electron chi connectivity index (χ1n) is 11.0. The molecule has 0 bridgehead atoms. The van der Waals surface area contributed by atoms with E-state index >= 15 is 0 Å². The van der Waals surface area contributed by atoms with Crippen LogP contribution >= 0.6 is 34.8 Å². The van der Waals surface area contributed by atoms with Gasteiger partial charge in [0.15, 0.2) is 0 Å². The van der Waals surface area contributed by atoms with Crippen molar-refractivity contribution < 1.29 is 33.4 Å². The number of alkyl halides is 3. The molecular weight excluding hydrogens is 545 g/mol. The summed E-state index contributed by atoms with van der Waals surface area (Å²) in [6.07, 6.45) is -2.10. The van der Waals surface area contributed by atoms with E-state index in [1.165, 1.54) is 12.1 Å². The standard InChI is InChI=1S/C26H20Cl3NO7/c27-26(28,29)15-35-24(32)30-37-23(31)13-16-9-11-17(12-10-16)36-25(33)34-14-22-20-7-3-1-5-18(20)19-6-2-4-8-21(19)22/h1-12,22H,13-15H2,(H,30,32). The molecule has 8 nitrogen and oxygen atoms in total. The monoisotopic (exact) mass is 563 g/mol. The first-order chi connectivity index (χ1) is 17.7. The van der Waals surface area contributed by atoms with E-state index in [1.807, 2.05) is 36.4 Å². The molecule has 3 aromatic rings. The number of hydrogen-bond donors (Lipinski definition) is 1. The van der Waals surface area contributed by atoms with Crippen molar-refractivity contribution in [2.75, 3.05) is 13.2 Å². The molecule has 0 unspecified atom stereocenters. The van der Waals surface area contributed by atoms with Gasteiger partial charge in [0, 0.05) is 5.92 Å². The van der Waals surface area contributed by atoms with Crippen molar-refractivity contribution in [2.45, 2.75) is 16.1 Å². The van der Waals surface area contributed by atoms with Crippen LogP contribution in [-0.4, -0.2) is 35.2 Å². The number of carbonyl (C=O) groups is 3. The minimum absolute atomic E-state index is 0.0819. The first-order valence-corrected chi connectivity index (χ1v) is 12.1. The van der Waals surface area contributed by atoms with E-state index in [-0.39, 0.29) is 24.7 Å². The smallest absolute Gasteiger partial charge is 0.443 e. The Labute approximate surface area is 227 Å². The van der Waals surface area contributed by atoms with Crippen LogP contribution in [0.15, 0.2) is 72.8 Å². The topological polar surface area (TPSA) is 100 Å². The number of rotatable bonds is 6. The zero-order valence-electron chi connectivity index (χ0n) is 19.1. The molecule has 0 spiro atoms. The van der Waals surface area contributed by atoms with Crippen molar-refractivity contribution in [2.24, 2.45) is 0 Å². The minimum Gasteiger partial charge on any atom is -0.443 e. The second-order valence-electron chi connectivity index (χ2n) is 7.98. The van der Waals surface area contributed by atoms with Gasteiger partial charge in [0.05, 0.1) is 6.42 Å². The molecule has 0 atom stereocenters. The summed E-state index contributed by atoms with van der Waals surface area (Å²) in [7, 11) is 0. The number of benzene rings is 3. The lowest BCUT2D eigenvalue weighted by Crippen LogP contribution is -2.30. The van der Waals surface area contributed by atoms with E-state index in [9.17, 15) is 14.4 Å². The summed E-state index contributed by atoms with van der Waals surface area (Å²) in [4.78, 5) is 40.2. The molecule has 1 amide bonds. The lowest BCUT2D eigenvalue weighted by molar-refractivity contribution is -0.148. The van der Waals surface area contributed by atoms with Gasteiger partial charge in [0.1, 0.15) is 19.0 Å². The number of fused-ring (bicyclic) bond motifs is 3. The normalized spacial score (nSPS) is 12.2. The van der Waals surface area contributed by atoms with Gasteiger partial charge in [-0.3, -0.25) is 0 Å². The summed E-state index contributed by atoms with van der Waals surface area (Å²) in [5.74, 6) is -0.611. The van der Waals surface area contributed by atoms with Crippen LogP contribution in [0.25, 0.3) is 11.1 Å². The van der Waals surface area contributed by atoms with Crippen molar-refractivity contribution in [3.8, 4) is 16.9 Å². The summed E-state index contributed by atoms with van der Waals surface area (Å²) in [6, 6.07) is 22.2. The van der Waals surface area contributed by atoms with E-state index in [2.05, 4.69) is 21.7 Å². The third-order valence-electron chi connectivity index (χ3n) is 5.42. The molecule has 0 aromatic heterocycles. The predicted octanol–water partition coefficient (Wildman–Crippen LogP) is 6.11. The van der Waals surface area contributed by atoms with Crippen LogP contribution in [0.5, 0.6) is 5.75 Å². The molecular formula is C26H20Cl3NO7. The summed E-state index contributed by atoms with van der Waals surface area (Å²) in [5.41, 5.74) is 6.79. The van der Waals surface area contributed by atoms with Gasteiger partial charge in [-0.15, -0.1) is 5.48 Å². The summed E-state index contributed by atoms with van der Waals surface area (Å²) < 4.78 is 13.5. The van der Waals surface area contributed by atoms with E-state index in [1.54, 1.807) is 17.6 Å². The average Bonchev–Trinajstić information content (AvgIpc) is 3.19. The van der Waals surface area contributed by atoms with Crippen molar-refractivity contribution in [1.29, 1.82) is 0 Å². The number of carbonyl (C=O) groups excluding carboxylic acids is 3. The van der Waals surface area contributed by atoms with Gasteiger partial charge in [-0.05, 0) is 39.9 Å². The highest BCUT2D eigenvalue weighted by atomic mass is 35.6. The molecule has 1 aliphatic rings. The van der Waals surface area contributed by atoms with Gasteiger partial charge in [0.2, 0.25) is 3.79 Å². The maximum atomic E-state index is 12.3. The van der Waals surface area contributed by atoms with Crippen LogP contribution in [0.1, 0.15) is 22.6 Å². The molecule has 3 aromatic carbocycles. The minimum atomic E-state index is -1.79. The van der Waals surface area contributed by atoms with Gasteiger partial charge < -0.3 is 19.0 Å². The average molecular weight is 565 g/mol. The fourth-order valence-corrected chi connectivity index (χ4v) is 4.03.